The summed E-state index contributed by atoms with van der Waals surface area (Å²) in [7, 11) is 2.03. The monoisotopic (exact) mass is 259 g/mol. The van der Waals surface area contributed by atoms with Crippen molar-refractivity contribution in [1.82, 2.24) is 19.4 Å². The predicted molar refractivity (Wildman–Crippen MR) is 71.5 cm³/mol. The van der Waals surface area contributed by atoms with Crippen LogP contribution in [-0.4, -0.2) is 39.1 Å². The van der Waals surface area contributed by atoms with Gasteiger partial charge in [-0.3, -0.25) is 9.55 Å². The smallest absolute Gasteiger partial charge is 0.324 e. The van der Waals surface area contributed by atoms with Crippen LogP contribution in [0.3, 0.4) is 0 Å². The molecule has 0 aliphatic rings. The topological polar surface area (TPSA) is 77.0 Å². The molecule has 6 heteroatoms. The highest BCUT2D eigenvalue weighted by Crippen LogP contribution is 2.03. The van der Waals surface area contributed by atoms with Gasteiger partial charge in [0.2, 0.25) is 0 Å². The van der Waals surface area contributed by atoms with Gasteiger partial charge in [0.25, 0.3) is 0 Å². The zero-order chi connectivity index (χ0) is 13.7. The van der Waals surface area contributed by atoms with Crippen LogP contribution < -0.4 is 5.73 Å². The molecule has 19 heavy (non-hydrogen) atoms. The fraction of sp³-hybridized carbons (Fsp3) is 0.308. The van der Waals surface area contributed by atoms with Crippen molar-refractivity contribution < 1.29 is 4.79 Å². The third kappa shape index (κ3) is 3.62. The molecule has 0 aliphatic heterocycles. The minimum absolute atomic E-state index is 0.496. The molecule has 0 unspecified atom stereocenters. The van der Waals surface area contributed by atoms with E-state index in [2.05, 4.69) is 14.9 Å². The Morgan fingerprint density at radius 3 is 2.79 bits per heavy atom. The Balaban J connectivity index is 1.88. The number of aromatic nitrogens is 3. The molecule has 6 nitrogen and oxygen atoms in total. The van der Waals surface area contributed by atoms with Gasteiger partial charge in [0.15, 0.2) is 0 Å². The quantitative estimate of drug-likeness (QED) is 0.864. The molecule has 0 radical (unpaired) electrons. The number of likely N-dealkylation sites (N-methyl/N-ethyl adjacent to an activating group) is 1. The summed E-state index contributed by atoms with van der Waals surface area (Å²) in [6, 6.07) is 3.48. The van der Waals surface area contributed by atoms with Crippen LogP contribution in [0.5, 0.6) is 0 Å². The van der Waals surface area contributed by atoms with Crippen LogP contribution in [0, 0.1) is 0 Å². The number of nitrogens with zero attached hydrogens (tertiary/aromatic N) is 4. The van der Waals surface area contributed by atoms with Crippen molar-refractivity contribution in [3.05, 3.63) is 48.3 Å². The zero-order valence-corrected chi connectivity index (χ0v) is 10.9. The third-order valence-corrected chi connectivity index (χ3v) is 2.87. The number of rotatable bonds is 5. The molecule has 0 spiro atoms. The van der Waals surface area contributed by atoms with Gasteiger partial charge >= 0.3 is 6.03 Å². The van der Waals surface area contributed by atoms with Crippen molar-refractivity contribution in [3.63, 3.8) is 0 Å². The molecule has 2 aromatic rings. The minimum Gasteiger partial charge on any atom is -0.351 e. The first-order chi connectivity index (χ1) is 9.16. The molecule has 2 aromatic heterocycles. The second kappa shape index (κ2) is 6.10. The summed E-state index contributed by atoms with van der Waals surface area (Å²) in [6.07, 6.45) is 7.41. The van der Waals surface area contributed by atoms with Crippen LogP contribution in [-0.2, 0) is 13.0 Å². The Morgan fingerprint density at radius 1 is 1.37 bits per heavy atom. The van der Waals surface area contributed by atoms with E-state index < -0.39 is 6.03 Å². The van der Waals surface area contributed by atoms with Crippen LogP contribution >= 0.6 is 0 Å². The first-order valence-corrected chi connectivity index (χ1v) is 6.06. The fourth-order valence-electron chi connectivity index (χ4n) is 1.89. The Hall–Kier alpha value is -2.21. The molecule has 100 valence electrons. The van der Waals surface area contributed by atoms with Crippen molar-refractivity contribution in [2.75, 3.05) is 13.6 Å². The Labute approximate surface area is 111 Å². The first-order valence-electron chi connectivity index (χ1n) is 6.06. The molecule has 2 heterocycles. The Bertz CT molecular complexity index is 537. The molecule has 0 bridgehead atoms. The van der Waals surface area contributed by atoms with E-state index in [-0.39, 0.29) is 0 Å². The lowest BCUT2D eigenvalue weighted by Crippen LogP contribution is -2.25. The molecule has 0 aromatic carbocycles. The third-order valence-electron chi connectivity index (χ3n) is 2.87. The van der Waals surface area contributed by atoms with E-state index in [0.717, 1.165) is 13.1 Å². The normalized spacial score (nSPS) is 10.8. The second-order valence-corrected chi connectivity index (χ2v) is 4.39. The van der Waals surface area contributed by atoms with Gasteiger partial charge in [0, 0.05) is 44.3 Å². The van der Waals surface area contributed by atoms with E-state index >= 15 is 0 Å². The number of amides is 1. The molecule has 0 aliphatic carbocycles. The predicted octanol–water partition coefficient (Wildman–Crippen LogP) is 0.879. The number of primary amides is 1. The number of pyridine rings is 1. The standard InChI is InChI=1S/C13H17N5O/c1-17(10-11-2-5-15-6-3-11)8-4-12-16-7-9-18(12)13(14)19/h2-3,5-7,9H,4,8,10H2,1H3,(H2,14,19). The van der Waals surface area contributed by atoms with Crippen molar-refractivity contribution in [2.45, 2.75) is 13.0 Å². The number of carbonyl (C=O) groups is 1. The summed E-state index contributed by atoms with van der Waals surface area (Å²) in [5, 5.41) is 0. The summed E-state index contributed by atoms with van der Waals surface area (Å²) < 4.78 is 1.38. The van der Waals surface area contributed by atoms with E-state index in [4.69, 9.17) is 5.73 Å². The van der Waals surface area contributed by atoms with E-state index in [1.54, 1.807) is 24.8 Å². The molecule has 2 rings (SSSR count). The van der Waals surface area contributed by atoms with Crippen molar-refractivity contribution in [2.24, 2.45) is 5.73 Å². The molecule has 2 N–H and O–H groups in total. The summed E-state index contributed by atoms with van der Waals surface area (Å²) in [5.41, 5.74) is 6.46. The number of carbonyl (C=O) groups excluding carboxylic acids is 1. The first kappa shape index (κ1) is 13.2. The maximum Gasteiger partial charge on any atom is 0.324 e. The van der Waals surface area contributed by atoms with Crippen LogP contribution in [0.15, 0.2) is 36.9 Å². The highest BCUT2D eigenvalue weighted by Gasteiger charge is 2.08. The zero-order valence-electron chi connectivity index (χ0n) is 10.9. The van der Waals surface area contributed by atoms with Gasteiger partial charge in [-0.05, 0) is 24.7 Å². The van der Waals surface area contributed by atoms with Crippen molar-refractivity contribution in [1.29, 1.82) is 0 Å². The number of hydrogen-bond donors (Lipinski definition) is 1. The Morgan fingerprint density at radius 2 is 2.11 bits per heavy atom. The summed E-state index contributed by atoms with van der Waals surface area (Å²) >= 11 is 0. The average molecular weight is 259 g/mol. The highest BCUT2D eigenvalue weighted by molar-refractivity contribution is 5.75. The van der Waals surface area contributed by atoms with Gasteiger partial charge in [-0.2, -0.15) is 0 Å². The van der Waals surface area contributed by atoms with Crippen molar-refractivity contribution >= 4 is 6.03 Å². The lowest BCUT2D eigenvalue weighted by Gasteiger charge is -2.16. The van der Waals surface area contributed by atoms with Gasteiger partial charge in [-0.15, -0.1) is 0 Å². The largest absolute Gasteiger partial charge is 0.351 e. The minimum atomic E-state index is -0.496. The maximum absolute atomic E-state index is 11.1. The van der Waals surface area contributed by atoms with Crippen molar-refractivity contribution in [3.8, 4) is 0 Å². The molecular weight excluding hydrogens is 242 g/mol. The molecule has 0 fully saturated rings. The molecule has 1 amide bonds. The SMILES string of the molecule is CN(CCc1nccn1C(N)=O)Cc1ccncc1. The van der Waals surface area contributed by atoms with Gasteiger partial charge in [0.05, 0.1) is 0 Å². The highest BCUT2D eigenvalue weighted by atomic mass is 16.2. The van der Waals surface area contributed by atoms with E-state index in [9.17, 15) is 4.79 Å². The van der Waals surface area contributed by atoms with E-state index in [0.29, 0.717) is 12.2 Å². The lowest BCUT2D eigenvalue weighted by molar-refractivity contribution is 0.249. The average Bonchev–Trinajstić information content (AvgIpc) is 2.86. The van der Waals surface area contributed by atoms with Crippen LogP contribution in [0.2, 0.25) is 0 Å². The van der Waals surface area contributed by atoms with Gasteiger partial charge < -0.3 is 10.6 Å². The summed E-state index contributed by atoms with van der Waals surface area (Å²) in [5.74, 6) is 0.689. The summed E-state index contributed by atoms with van der Waals surface area (Å²) in [6.45, 7) is 1.63. The van der Waals surface area contributed by atoms with Gasteiger partial charge in [0.1, 0.15) is 5.82 Å². The molecule has 0 saturated carbocycles. The number of imidazole rings is 1. The van der Waals surface area contributed by atoms with Crippen LogP contribution in [0.4, 0.5) is 4.79 Å². The second-order valence-electron chi connectivity index (χ2n) is 4.39. The lowest BCUT2D eigenvalue weighted by atomic mass is 10.2. The maximum atomic E-state index is 11.1. The summed E-state index contributed by atoms with van der Waals surface area (Å²) in [4.78, 5) is 21.4. The van der Waals surface area contributed by atoms with Crippen LogP contribution in [0.25, 0.3) is 0 Å². The molecule has 0 atom stereocenters. The molecular formula is C13H17N5O. The molecule has 0 saturated heterocycles. The fourth-order valence-corrected chi connectivity index (χ4v) is 1.89. The number of nitrogens with two attached hydrogens (primary N) is 1. The Kier molecular flexibility index (Phi) is 4.25. The van der Waals surface area contributed by atoms with Crippen LogP contribution in [0.1, 0.15) is 11.4 Å². The van der Waals surface area contributed by atoms with Gasteiger partial charge in [-0.25, -0.2) is 9.78 Å². The number of hydrogen-bond acceptors (Lipinski definition) is 4. The van der Waals surface area contributed by atoms with E-state index in [1.165, 1.54) is 10.1 Å². The van der Waals surface area contributed by atoms with E-state index in [1.807, 2.05) is 19.2 Å². The van der Waals surface area contributed by atoms with Gasteiger partial charge in [-0.1, -0.05) is 0 Å².